The van der Waals surface area contributed by atoms with Gasteiger partial charge in [0.1, 0.15) is 0 Å². The van der Waals surface area contributed by atoms with Crippen molar-refractivity contribution in [3.05, 3.63) is 0 Å². The molecule has 0 aromatic heterocycles. The summed E-state index contributed by atoms with van der Waals surface area (Å²) >= 11 is 0. The lowest BCUT2D eigenvalue weighted by molar-refractivity contribution is 0.228. The number of piperidine rings is 1. The molecule has 1 saturated heterocycles. The van der Waals surface area contributed by atoms with Crippen LogP contribution < -0.4 is 10.6 Å². The van der Waals surface area contributed by atoms with E-state index in [1.807, 2.05) is 13.8 Å². The summed E-state index contributed by atoms with van der Waals surface area (Å²) < 4.78 is 25.5. The molecule has 1 aliphatic heterocycles. The first-order chi connectivity index (χ1) is 9.54. The summed E-state index contributed by atoms with van der Waals surface area (Å²) in [4.78, 5) is 11.5. The Morgan fingerprint density at radius 2 is 1.76 bits per heavy atom. The summed E-state index contributed by atoms with van der Waals surface area (Å²) in [5.41, 5.74) is 0. The van der Waals surface area contributed by atoms with E-state index in [0.717, 1.165) is 12.8 Å². The van der Waals surface area contributed by atoms with Crippen molar-refractivity contribution >= 4 is 16.1 Å². The smallest absolute Gasteiger partial charge is 0.314 e. The lowest BCUT2D eigenvalue weighted by Crippen LogP contribution is -2.48. The van der Waals surface area contributed by atoms with Crippen molar-refractivity contribution in [1.29, 1.82) is 0 Å². The van der Waals surface area contributed by atoms with Gasteiger partial charge in [0, 0.05) is 25.7 Å². The van der Waals surface area contributed by atoms with Crippen LogP contribution in [-0.2, 0) is 10.0 Å². The number of nitrogens with one attached hydrogen (secondary N) is 2. The molecule has 0 spiro atoms. The Balaban J connectivity index is 2.41. The molecule has 0 aromatic carbocycles. The average molecular weight is 319 g/mol. The van der Waals surface area contributed by atoms with Gasteiger partial charge in [0.05, 0.1) is 4.75 Å². The Labute approximate surface area is 128 Å². The van der Waals surface area contributed by atoms with Gasteiger partial charge >= 0.3 is 6.03 Å². The van der Waals surface area contributed by atoms with E-state index in [0.29, 0.717) is 25.6 Å². The van der Waals surface area contributed by atoms with Crippen LogP contribution in [0, 0.1) is 5.92 Å². The molecule has 0 atom stereocenters. The van der Waals surface area contributed by atoms with Crippen LogP contribution in [0.15, 0.2) is 0 Å². The zero-order valence-corrected chi connectivity index (χ0v) is 14.6. The SMILES string of the molecule is CC(C)NC(=O)NCC1CCN(S(=O)(=O)C(C)(C)C)CC1. The topological polar surface area (TPSA) is 78.5 Å². The van der Waals surface area contributed by atoms with Crippen LogP contribution in [0.5, 0.6) is 0 Å². The monoisotopic (exact) mass is 319 g/mol. The largest absolute Gasteiger partial charge is 0.338 e. The summed E-state index contributed by atoms with van der Waals surface area (Å²) in [7, 11) is -3.24. The molecule has 21 heavy (non-hydrogen) atoms. The number of nitrogens with zero attached hydrogens (tertiary/aromatic N) is 1. The fraction of sp³-hybridized carbons (Fsp3) is 0.929. The molecule has 2 N–H and O–H groups in total. The maximum Gasteiger partial charge on any atom is 0.314 e. The molecule has 6 nitrogen and oxygen atoms in total. The number of amides is 2. The van der Waals surface area contributed by atoms with Gasteiger partial charge in [-0.25, -0.2) is 17.5 Å². The number of urea groups is 1. The first-order valence-corrected chi connectivity index (χ1v) is 9.02. The molecule has 0 bridgehead atoms. The Hall–Kier alpha value is -0.820. The molecular formula is C14H29N3O3S. The van der Waals surface area contributed by atoms with Crippen molar-refractivity contribution in [3.63, 3.8) is 0 Å². The second kappa shape index (κ2) is 6.96. The maximum absolute atomic E-state index is 12.3. The fourth-order valence-electron chi connectivity index (χ4n) is 2.29. The normalized spacial score (nSPS) is 18.8. The van der Waals surface area contributed by atoms with Crippen molar-refractivity contribution in [3.8, 4) is 0 Å². The highest BCUT2D eigenvalue weighted by Gasteiger charge is 2.37. The van der Waals surface area contributed by atoms with Crippen LogP contribution in [0.2, 0.25) is 0 Å². The summed E-state index contributed by atoms with van der Waals surface area (Å²) in [5.74, 6) is 0.342. The third kappa shape index (κ3) is 5.14. The highest BCUT2D eigenvalue weighted by molar-refractivity contribution is 7.90. The number of carbonyl (C=O) groups is 1. The van der Waals surface area contributed by atoms with E-state index < -0.39 is 14.8 Å². The Morgan fingerprint density at radius 3 is 2.19 bits per heavy atom. The van der Waals surface area contributed by atoms with E-state index in [1.54, 1.807) is 25.1 Å². The molecule has 0 aromatic rings. The standard InChI is InChI=1S/C14H29N3O3S/c1-11(2)16-13(18)15-10-12-6-8-17(9-7-12)21(19,20)14(3,4)5/h11-12H,6-10H2,1-5H3,(H2,15,16,18). The summed E-state index contributed by atoms with van der Waals surface area (Å²) in [5, 5.41) is 5.63. The molecule has 0 aliphatic carbocycles. The highest BCUT2D eigenvalue weighted by atomic mass is 32.2. The summed E-state index contributed by atoms with van der Waals surface area (Å²) in [6.07, 6.45) is 1.58. The zero-order valence-electron chi connectivity index (χ0n) is 13.8. The van der Waals surface area contributed by atoms with Crippen molar-refractivity contribution in [2.75, 3.05) is 19.6 Å². The van der Waals surface area contributed by atoms with Crippen molar-refractivity contribution in [1.82, 2.24) is 14.9 Å². The van der Waals surface area contributed by atoms with Crippen LogP contribution in [-0.4, -0.2) is 49.2 Å². The van der Waals surface area contributed by atoms with E-state index in [4.69, 9.17) is 0 Å². The number of hydrogen-bond acceptors (Lipinski definition) is 3. The molecule has 1 heterocycles. The molecule has 1 aliphatic rings. The predicted octanol–water partition coefficient (Wildman–Crippen LogP) is 1.53. The molecule has 0 unspecified atom stereocenters. The van der Waals surface area contributed by atoms with Gasteiger partial charge in [-0.15, -0.1) is 0 Å². The van der Waals surface area contributed by atoms with Gasteiger partial charge in [-0.1, -0.05) is 0 Å². The Kier molecular flexibility index (Phi) is 6.04. The molecule has 7 heteroatoms. The van der Waals surface area contributed by atoms with Crippen molar-refractivity contribution < 1.29 is 13.2 Å². The van der Waals surface area contributed by atoms with Gasteiger partial charge in [-0.3, -0.25) is 0 Å². The molecule has 0 radical (unpaired) electrons. The van der Waals surface area contributed by atoms with Gasteiger partial charge in [-0.05, 0) is 53.4 Å². The van der Waals surface area contributed by atoms with Gasteiger partial charge in [-0.2, -0.15) is 0 Å². The van der Waals surface area contributed by atoms with E-state index in [2.05, 4.69) is 10.6 Å². The van der Waals surface area contributed by atoms with Crippen molar-refractivity contribution in [2.24, 2.45) is 5.92 Å². The van der Waals surface area contributed by atoms with Crippen LogP contribution >= 0.6 is 0 Å². The molecule has 1 fully saturated rings. The zero-order chi connectivity index (χ0) is 16.3. The van der Waals surface area contributed by atoms with Gasteiger partial charge in [0.2, 0.25) is 10.0 Å². The third-order valence-electron chi connectivity index (χ3n) is 3.66. The van der Waals surface area contributed by atoms with Crippen LogP contribution in [0.3, 0.4) is 0 Å². The first-order valence-electron chi connectivity index (χ1n) is 7.58. The molecule has 2 amide bonds. The number of carbonyl (C=O) groups excluding carboxylic acids is 1. The van der Waals surface area contributed by atoms with E-state index >= 15 is 0 Å². The molecular weight excluding hydrogens is 290 g/mol. The quantitative estimate of drug-likeness (QED) is 0.825. The minimum atomic E-state index is -3.24. The molecule has 124 valence electrons. The van der Waals surface area contributed by atoms with Crippen LogP contribution in [0.25, 0.3) is 0 Å². The second-order valence-electron chi connectivity index (χ2n) is 6.97. The molecule has 0 saturated carbocycles. The van der Waals surface area contributed by atoms with Crippen LogP contribution in [0.1, 0.15) is 47.5 Å². The minimum Gasteiger partial charge on any atom is -0.338 e. The van der Waals surface area contributed by atoms with E-state index in [9.17, 15) is 13.2 Å². The van der Waals surface area contributed by atoms with E-state index in [1.165, 1.54) is 0 Å². The fourth-order valence-corrected chi connectivity index (χ4v) is 3.76. The maximum atomic E-state index is 12.3. The van der Waals surface area contributed by atoms with Crippen LogP contribution in [0.4, 0.5) is 4.79 Å². The van der Waals surface area contributed by atoms with Gasteiger partial charge < -0.3 is 10.6 Å². The Bertz CT molecular complexity index is 447. The summed E-state index contributed by atoms with van der Waals surface area (Å²) in [6, 6.07) is -0.0430. The number of hydrogen-bond donors (Lipinski definition) is 2. The summed E-state index contributed by atoms with van der Waals surface area (Å²) in [6.45, 7) is 10.7. The van der Waals surface area contributed by atoms with E-state index in [-0.39, 0.29) is 12.1 Å². The first kappa shape index (κ1) is 18.2. The average Bonchev–Trinajstić information content (AvgIpc) is 2.34. The Morgan fingerprint density at radius 1 is 1.24 bits per heavy atom. The van der Waals surface area contributed by atoms with Gasteiger partial charge in [0.15, 0.2) is 0 Å². The number of sulfonamides is 1. The lowest BCUT2D eigenvalue weighted by Gasteiger charge is -2.35. The highest BCUT2D eigenvalue weighted by Crippen LogP contribution is 2.25. The van der Waals surface area contributed by atoms with Gasteiger partial charge in [0.25, 0.3) is 0 Å². The predicted molar refractivity (Wildman–Crippen MR) is 84.6 cm³/mol. The number of rotatable bonds is 4. The third-order valence-corrected chi connectivity index (χ3v) is 6.25. The van der Waals surface area contributed by atoms with Crippen molar-refractivity contribution in [2.45, 2.75) is 58.2 Å². The second-order valence-corrected chi connectivity index (χ2v) is 9.66. The lowest BCUT2D eigenvalue weighted by atomic mass is 9.98. The molecule has 1 rings (SSSR count). The minimum absolute atomic E-state index is 0.115.